The summed E-state index contributed by atoms with van der Waals surface area (Å²) in [6, 6.07) is 11.7. The minimum Gasteiger partial charge on any atom is -0.382 e. The zero-order valence-electron chi connectivity index (χ0n) is 15.2. The molecule has 0 aliphatic heterocycles. The van der Waals surface area contributed by atoms with Crippen molar-refractivity contribution in [1.29, 1.82) is 0 Å². The number of ether oxygens (including phenoxy) is 1. The van der Waals surface area contributed by atoms with E-state index in [-0.39, 0.29) is 5.91 Å². The van der Waals surface area contributed by atoms with Crippen molar-refractivity contribution >= 4 is 16.9 Å². The molecule has 0 atom stereocenters. The largest absolute Gasteiger partial charge is 0.382 e. The Morgan fingerprint density at radius 2 is 2.04 bits per heavy atom. The van der Waals surface area contributed by atoms with Gasteiger partial charge in [0.1, 0.15) is 0 Å². The van der Waals surface area contributed by atoms with Gasteiger partial charge in [-0.25, -0.2) is 9.67 Å². The van der Waals surface area contributed by atoms with Crippen LogP contribution in [0.25, 0.3) is 22.3 Å². The Morgan fingerprint density at radius 3 is 2.77 bits per heavy atom. The highest BCUT2D eigenvalue weighted by Gasteiger charge is 2.16. The van der Waals surface area contributed by atoms with Crippen LogP contribution in [-0.4, -0.2) is 40.4 Å². The van der Waals surface area contributed by atoms with Crippen LogP contribution < -0.4 is 5.32 Å². The molecule has 0 radical (unpaired) electrons. The summed E-state index contributed by atoms with van der Waals surface area (Å²) in [7, 11) is 0. The molecule has 3 aromatic rings. The van der Waals surface area contributed by atoms with E-state index in [1.807, 2.05) is 54.9 Å². The second-order valence-corrected chi connectivity index (χ2v) is 5.93. The number of pyridine rings is 1. The van der Waals surface area contributed by atoms with Crippen molar-refractivity contribution in [1.82, 2.24) is 20.1 Å². The first-order chi connectivity index (χ1) is 12.7. The lowest BCUT2D eigenvalue weighted by Crippen LogP contribution is -2.25. The average Bonchev–Trinajstić information content (AvgIpc) is 3.10. The van der Waals surface area contributed by atoms with Crippen molar-refractivity contribution in [2.75, 3.05) is 19.8 Å². The van der Waals surface area contributed by atoms with Crippen LogP contribution in [0.15, 0.2) is 42.6 Å². The quantitative estimate of drug-likeness (QED) is 0.632. The van der Waals surface area contributed by atoms with Gasteiger partial charge in [0.15, 0.2) is 5.65 Å². The van der Waals surface area contributed by atoms with Gasteiger partial charge in [-0.3, -0.25) is 4.79 Å². The first kappa shape index (κ1) is 18.1. The molecule has 0 saturated carbocycles. The third-order valence-corrected chi connectivity index (χ3v) is 4.18. The van der Waals surface area contributed by atoms with E-state index >= 15 is 0 Å². The van der Waals surface area contributed by atoms with Crippen LogP contribution in [0, 0.1) is 0 Å². The molecular weight excluding hydrogens is 328 g/mol. The topological polar surface area (TPSA) is 69.0 Å². The first-order valence-corrected chi connectivity index (χ1v) is 9.02. The molecule has 26 heavy (non-hydrogen) atoms. The number of nitrogens with zero attached hydrogens (tertiary/aromatic N) is 3. The number of carbonyl (C=O) groups excluding carboxylic acids is 1. The molecule has 6 heteroatoms. The predicted molar refractivity (Wildman–Crippen MR) is 102 cm³/mol. The van der Waals surface area contributed by atoms with Gasteiger partial charge < -0.3 is 10.1 Å². The van der Waals surface area contributed by atoms with Gasteiger partial charge in [0.2, 0.25) is 0 Å². The Bertz CT molecular complexity index is 874. The van der Waals surface area contributed by atoms with E-state index in [9.17, 15) is 4.79 Å². The average molecular weight is 352 g/mol. The fourth-order valence-electron chi connectivity index (χ4n) is 2.84. The van der Waals surface area contributed by atoms with Crippen molar-refractivity contribution in [2.45, 2.75) is 26.8 Å². The van der Waals surface area contributed by atoms with E-state index < -0.39 is 0 Å². The lowest BCUT2D eigenvalue weighted by atomic mass is 10.1. The molecule has 0 bridgehead atoms. The van der Waals surface area contributed by atoms with Crippen LogP contribution in [0.3, 0.4) is 0 Å². The summed E-state index contributed by atoms with van der Waals surface area (Å²) in [4.78, 5) is 17.5. The van der Waals surface area contributed by atoms with Gasteiger partial charge in [-0.05, 0) is 26.3 Å². The highest BCUT2D eigenvalue weighted by molar-refractivity contribution is 6.06. The van der Waals surface area contributed by atoms with Gasteiger partial charge in [0.25, 0.3) is 5.91 Å². The Hall–Kier alpha value is -2.73. The maximum atomic E-state index is 12.8. The fourth-order valence-corrected chi connectivity index (χ4v) is 2.84. The molecule has 3 rings (SSSR count). The van der Waals surface area contributed by atoms with Crippen LogP contribution in [0.1, 0.15) is 30.6 Å². The minimum absolute atomic E-state index is 0.110. The number of rotatable bonds is 8. The lowest BCUT2D eigenvalue weighted by Gasteiger charge is -2.09. The summed E-state index contributed by atoms with van der Waals surface area (Å²) < 4.78 is 7.12. The molecule has 1 N–H and O–H groups in total. The Morgan fingerprint density at radius 1 is 1.23 bits per heavy atom. The van der Waals surface area contributed by atoms with Gasteiger partial charge in [0, 0.05) is 31.9 Å². The van der Waals surface area contributed by atoms with Crippen LogP contribution in [-0.2, 0) is 11.3 Å². The van der Waals surface area contributed by atoms with E-state index in [4.69, 9.17) is 9.72 Å². The number of aryl methyl sites for hydroxylation is 1. The molecule has 0 aliphatic rings. The van der Waals surface area contributed by atoms with Crippen molar-refractivity contribution < 1.29 is 9.53 Å². The SMILES string of the molecule is CCOCCCNC(=O)c1cc(-c2ccccc2)nc2c1cnn2CC. The monoisotopic (exact) mass is 352 g/mol. The second kappa shape index (κ2) is 8.58. The van der Waals surface area contributed by atoms with E-state index in [2.05, 4.69) is 10.4 Å². The van der Waals surface area contributed by atoms with E-state index in [0.29, 0.717) is 31.9 Å². The zero-order chi connectivity index (χ0) is 18.4. The summed E-state index contributed by atoms with van der Waals surface area (Å²) in [5.41, 5.74) is 3.08. The smallest absolute Gasteiger partial charge is 0.252 e. The number of hydrogen-bond acceptors (Lipinski definition) is 4. The second-order valence-electron chi connectivity index (χ2n) is 5.93. The molecule has 0 fully saturated rings. The summed E-state index contributed by atoms with van der Waals surface area (Å²) in [5.74, 6) is -0.110. The maximum absolute atomic E-state index is 12.8. The van der Waals surface area contributed by atoms with E-state index in [1.165, 1.54) is 0 Å². The fraction of sp³-hybridized carbons (Fsp3) is 0.350. The minimum atomic E-state index is -0.110. The van der Waals surface area contributed by atoms with Crippen LogP contribution in [0.2, 0.25) is 0 Å². The van der Waals surface area contributed by atoms with Gasteiger partial charge in [-0.15, -0.1) is 0 Å². The van der Waals surface area contributed by atoms with Crippen molar-refractivity contribution in [2.24, 2.45) is 0 Å². The number of amides is 1. The molecule has 136 valence electrons. The summed E-state index contributed by atoms with van der Waals surface area (Å²) >= 11 is 0. The normalized spacial score (nSPS) is 11.0. The number of fused-ring (bicyclic) bond motifs is 1. The maximum Gasteiger partial charge on any atom is 0.252 e. The lowest BCUT2D eigenvalue weighted by molar-refractivity contribution is 0.0946. The standard InChI is InChI=1S/C20H24N4O2/c1-3-24-19-17(14-22-24)16(20(25)21-11-8-12-26-4-2)13-18(23-19)15-9-6-5-7-10-15/h5-7,9-10,13-14H,3-4,8,11-12H2,1-2H3,(H,21,25). The molecule has 1 amide bonds. The van der Waals surface area contributed by atoms with Gasteiger partial charge in [0.05, 0.1) is 22.8 Å². The number of benzene rings is 1. The molecule has 1 aromatic carbocycles. The van der Waals surface area contributed by atoms with Gasteiger partial charge >= 0.3 is 0 Å². The summed E-state index contributed by atoms with van der Waals surface area (Å²) in [6.07, 6.45) is 2.50. The van der Waals surface area contributed by atoms with Crippen molar-refractivity contribution in [3.63, 3.8) is 0 Å². The molecular formula is C20H24N4O2. The van der Waals surface area contributed by atoms with Crippen molar-refractivity contribution in [3.05, 3.63) is 48.2 Å². The Labute approximate surface area is 153 Å². The Kier molecular flexibility index (Phi) is 5.96. The number of carbonyl (C=O) groups is 1. The molecule has 2 heterocycles. The first-order valence-electron chi connectivity index (χ1n) is 9.02. The molecule has 0 saturated heterocycles. The van der Waals surface area contributed by atoms with Crippen LogP contribution >= 0.6 is 0 Å². The number of aromatic nitrogens is 3. The molecule has 6 nitrogen and oxygen atoms in total. The van der Waals surface area contributed by atoms with Gasteiger partial charge in [-0.1, -0.05) is 30.3 Å². The van der Waals surface area contributed by atoms with Crippen molar-refractivity contribution in [3.8, 4) is 11.3 Å². The highest BCUT2D eigenvalue weighted by atomic mass is 16.5. The third kappa shape index (κ3) is 3.91. The van der Waals surface area contributed by atoms with E-state index in [1.54, 1.807) is 6.20 Å². The molecule has 0 aliphatic carbocycles. The molecule has 0 spiro atoms. The Balaban J connectivity index is 1.92. The predicted octanol–water partition coefficient (Wildman–Crippen LogP) is 3.27. The number of nitrogens with one attached hydrogen (secondary N) is 1. The van der Waals surface area contributed by atoms with Crippen LogP contribution in [0.5, 0.6) is 0 Å². The zero-order valence-corrected chi connectivity index (χ0v) is 15.2. The molecule has 0 unspecified atom stereocenters. The highest BCUT2D eigenvalue weighted by Crippen LogP contribution is 2.24. The summed E-state index contributed by atoms with van der Waals surface area (Å²) in [6.45, 7) is 6.58. The number of hydrogen-bond donors (Lipinski definition) is 1. The third-order valence-electron chi connectivity index (χ3n) is 4.18. The van der Waals surface area contributed by atoms with Crippen LogP contribution in [0.4, 0.5) is 0 Å². The summed E-state index contributed by atoms with van der Waals surface area (Å²) in [5, 5.41) is 8.11. The van der Waals surface area contributed by atoms with E-state index in [0.717, 1.165) is 28.7 Å². The van der Waals surface area contributed by atoms with Gasteiger partial charge in [-0.2, -0.15) is 5.10 Å². The molecule has 2 aromatic heterocycles.